The van der Waals surface area contributed by atoms with E-state index in [2.05, 4.69) is 4.99 Å². The Morgan fingerprint density at radius 2 is 2.18 bits per heavy atom. The summed E-state index contributed by atoms with van der Waals surface area (Å²) >= 11 is 0. The highest BCUT2D eigenvalue weighted by Crippen LogP contribution is 2.17. The average Bonchev–Trinajstić information content (AvgIpc) is 2.11. The van der Waals surface area contributed by atoms with Gasteiger partial charge in [0.25, 0.3) is 0 Å². The van der Waals surface area contributed by atoms with Gasteiger partial charge in [-0.1, -0.05) is 7.43 Å². The molecule has 66 valence electrons. The second-order valence-electron chi connectivity index (χ2n) is 3.13. The number of rotatable bonds is 1. The summed E-state index contributed by atoms with van der Waals surface area (Å²) in [6, 6.07) is -0.0903. The van der Waals surface area contributed by atoms with Crippen molar-refractivity contribution < 1.29 is 9.84 Å². The molecule has 0 spiro atoms. The normalized spacial score (nSPS) is 23.6. The van der Waals surface area contributed by atoms with Crippen molar-refractivity contribution in [2.45, 2.75) is 39.8 Å². The van der Waals surface area contributed by atoms with Gasteiger partial charge in [0.1, 0.15) is 12.6 Å². The Morgan fingerprint density at radius 1 is 1.64 bits per heavy atom. The number of hydrogen-bond acceptors (Lipinski definition) is 3. The molecule has 0 fully saturated rings. The maximum atomic E-state index is 9.45. The molecule has 11 heavy (non-hydrogen) atoms. The molecular formula is C8H17NO2. The molecular weight excluding hydrogens is 142 g/mol. The summed E-state index contributed by atoms with van der Waals surface area (Å²) in [5, 5.41) is 9.45. The van der Waals surface area contributed by atoms with Crippen LogP contribution < -0.4 is 0 Å². The topological polar surface area (TPSA) is 41.8 Å². The number of hydrogen-bond donors (Lipinski definition) is 1. The lowest BCUT2D eigenvalue weighted by molar-refractivity contribution is 0.0436. The molecule has 1 N–H and O–H groups in total. The van der Waals surface area contributed by atoms with Crippen LogP contribution in [0.25, 0.3) is 0 Å². The monoisotopic (exact) mass is 159 g/mol. The summed E-state index contributed by atoms with van der Waals surface area (Å²) in [6.45, 7) is 5.79. The molecule has 1 aliphatic rings. The van der Waals surface area contributed by atoms with E-state index < -0.39 is 5.60 Å². The summed E-state index contributed by atoms with van der Waals surface area (Å²) in [4.78, 5) is 4.10. The van der Waals surface area contributed by atoms with Crippen molar-refractivity contribution >= 4 is 5.90 Å². The van der Waals surface area contributed by atoms with Crippen LogP contribution >= 0.6 is 0 Å². The van der Waals surface area contributed by atoms with Crippen LogP contribution in [0, 0.1) is 0 Å². The van der Waals surface area contributed by atoms with Crippen molar-refractivity contribution in [1.29, 1.82) is 0 Å². The van der Waals surface area contributed by atoms with E-state index in [9.17, 15) is 5.11 Å². The fraction of sp³-hybridized carbons (Fsp3) is 0.875. The van der Waals surface area contributed by atoms with Crippen molar-refractivity contribution in [3.63, 3.8) is 0 Å². The van der Waals surface area contributed by atoms with Gasteiger partial charge in [-0.3, -0.25) is 0 Å². The van der Waals surface area contributed by atoms with Crippen molar-refractivity contribution in [2.75, 3.05) is 6.61 Å². The Hall–Kier alpha value is -0.570. The standard InChI is InChI=1S/C7H13NO2.CH4/c1-5-8-6(4-10-5)7(2,3)9;/h6,9H,4H2,1-3H3;1H4/t6-;/m0./s1. The van der Waals surface area contributed by atoms with E-state index in [-0.39, 0.29) is 13.5 Å². The van der Waals surface area contributed by atoms with E-state index >= 15 is 0 Å². The van der Waals surface area contributed by atoms with Crippen LogP contribution in [0.5, 0.6) is 0 Å². The molecule has 0 radical (unpaired) electrons. The lowest BCUT2D eigenvalue weighted by atomic mass is 10.0. The Morgan fingerprint density at radius 3 is 2.36 bits per heavy atom. The number of ether oxygens (including phenoxy) is 1. The first kappa shape index (κ1) is 10.4. The Bertz CT molecular complexity index is 158. The first-order chi connectivity index (χ1) is 4.50. The summed E-state index contributed by atoms with van der Waals surface area (Å²) in [7, 11) is 0. The van der Waals surface area contributed by atoms with E-state index in [0.29, 0.717) is 12.5 Å². The Balaban J connectivity index is 0.000001000. The van der Waals surface area contributed by atoms with Crippen LogP contribution in [0.2, 0.25) is 0 Å². The van der Waals surface area contributed by atoms with Gasteiger partial charge in [-0.25, -0.2) is 4.99 Å². The maximum absolute atomic E-state index is 9.45. The second kappa shape index (κ2) is 3.22. The summed E-state index contributed by atoms with van der Waals surface area (Å²) in [5.74, 6) is 0.673. The van der Waals surface area contributed by atoms with E-state index in [1.54, 1.807) is 20.8 Å². The smallest absolute Gasteiger partial charge is 0.180 e. The molecule has 1 aliphatic heterocycles. The summed E-state index contributed by atoms with van der Waals surface area (Å²) < 4.78 is 5.08. The van der Waals surface area contributed by atoms with E-state index in [1.165, 1.54) is 0 Å². The minimum atomic E-state index is -0.752. The average molecular weight is 159 g/mol. The van der Waals surface area contributed by atoms with Crippen molar-refractivity contribution in [3.05, 3.63) is 0 Å². The molecule has 0 aromatic rings. The zero-order chi connectivity index (χ0) is 7.78. The van der Waals surface area contributed by atoms with Crippen molar-refractivity contribution in [3.8, 4) is 0 Å². The van der Waals surface area contributed by atoms with E-state index in [1.807, 2.05) is 0 Å². The molecule has 0 bridgehead atoms. The maximum Gasteiger partial charge on any atom is 0.180 e. The Kier molecular flexibility index (Phi) is 3.05. The molecule has 0 saturated heterocycles. The predicted molar refractivity (Wildman–Crippen MR) is 45.9 cm³/mol. The molecule has 0 aliphatic carbocycles. The van der Waals surface area contributed by atoms with Crippen LogP contribution in [0.15, 0.2) is 4.99 Å². The second-order valence-corrected chi connectivity index (χ2v) is 3.13. The van der Waals surface area contributed by atoms with Gasteiger partial charge in [0, 0.05) is 6.92 Å². The van der Waals surface area contributed by atoms with Gasteiger partial charge >= 0.3 is 0 Å². The fourth-order valence-electron chi connectivity index (χ4n) is 0.855. The molecule has 1 rings (SSSR count). The van der Waals surface area contributed by atoms with Crippen LogP contribution in [0.4, 0.5) is 0 Å². The molecule has 0 aromatic carbocycles. The third-order valence-corrected chi connectivity index (χ3v) is 1.60. The van der Waals surface area contributed by atoms with Gasteiger partial charge in [0.05, 0.1) is 5.60 Å². The SMILES string of the molecule is C.CC1=N[C@H](C(C)(C)O)CO1. The van der Waals surface area contributed by atoms with Gasteiger partial charge in [-0.15, -0.1) is 0 Å². The lowest BCUT2D eigenvalue weighted by Gasteiger charge is -2.20. The molecule has 3 nitrogen and oxygen atoms in total. The third-order valence-electron chi connectivity index (χ3n) is 1.60. The molecule has 0 amide bonds. The number of nitrogens with zero attached hydrogens (tertiary/aromatic N) is 1. The van der Waals surface area contributed by atoms with Gasteiger partial charge in [-0.2, -0.15) is 0 Å². The predicted octanol–water partition coefficient (Wildman–Crippen LogP) is 1.21. The molecule has 1 atom stereocenters. The van der Waals surface area contributed by atoms with Crippen LogP contribution in [0.3, 0.4) is 0 Å². The number of aliphatic imine (C=N–C) groups is 1. The van der Waals surface area contributed by atoms with Gasteiger partial charge in [0.15, 0.2) is 5.90 Å². The highest BCUT2D eigenvalue weighted by Gasteiger charge is 2.30. The quantitative estimate of drug-likeness (QED) is 0.625. The first-order valence-electron chi connectivity index (χ1n) is 3.40. The third kappa shape index (κ3) is 2.50. The van der Waals surface area contributed by atoms with E-state index in [4.69, 9.17) is 4.74 Å². The van der Waals surface area contributed by atoms with Gasteiger partial charge in [0.2, 0.25) is 0 Å². The molecule has 3 heteroatoms. The molecule has 1 heterocycles. The highest BCUT2D eigenvalue weighted by atomic mass is 16.5. The van der Waals surface area contributed by atoms with Crippen LogP contribution in [-0.4, -0.2) is 29.3 Å². The minimum absolute atomic E-state index is 0. The fourth-order valence-corrected chi connectivity index (χ4v) is 0.855. The van der Waals surface area contributed by atoms with Crippen LogP contribution in [-0.2, 0) is 4.74 Å². The van der Waals surface area contributed by atoms with Gasteiger partial charge in [-0.05, 0) is 13.8 Å². The van der Waals surface area contributed by atoms with Crippen molar-refractivity contribution in [2.24, 2.45) is 4.99 Å². The number of aliphatic hydroxyl groups is 1. The molecule has 0 unspecified atom stereocenters. The van der Waals surface area contributed by atoms with Gasteiger partial charge < -0.3 is 9.84 Å². The first-order valence-corrected chi connectivity index (χ1v) is 3.40. The van der Waals surface area contributed by atoms with Crippen LogP contribution in [0.1, 0.15) is 28.2 Å². The lowest BCUT2D eigenvalue weighted by Crippen LogP contribution is -2.35. The van der Waals surface area contributed by atoms with Crippen molar-refractivity contribution in [1.82, 2.24) is 0 Å². The Labute approximate surface area is 68.1 Å². The highest BCUT2D eigenvalue weighted by molar-refractivity contribution is 5.74. The zero-order valence-electron chi connectivity index (χ0n) is 6.59. The largest absolute Gasteiger partial charge is 0.479 e. The van der Waals surface area contributed by atoms with E-state index in [0.717, 1.165) is 0 Å². The summed E-state index contributed by atoms with van der Waals surface area (Å²) in [6.07, 6.45) is 0. The molecule has 0 saturated carbocycles. The molecule has 0 aromatic heterocycles. The zero-order valence-corrected chi connectivity index (χ0v) is 6.59. The minimum Gasteiger partial charge on any atom is -0.479 e. The summed E-state index contributed by atoms with van der Waals surface area (Å²) in [5.41, 5.74) is -0.752.